The minimum atomic E-state index is 0.458. The van der Waals surface area contributed by atoms with Gasteiger partial charge in [0.1, 0.15) is 11.4 Å². The maximum atomic E-state index is 5.65. The third-order valence-corrected chi connectivity index (χ3v) is 4.49. The topological polar surface area (TPSA) is 91.8 Å². The van der Waals surface area contributed by atoms with Crippen molar-refractivity contribution in [1.29, 1.82) is 0 Å². The second kappa shape index (κ2) is 6.60. The number of ether oxygens (including phenoxy) is 1. The highest BCUT2D eigenvalue weighted by atomic mass is 32.2. The average Bonchev–Trinajstić information content (AvgIpc) is 3.17. The Morgan fingerprint density at radius 2 is 2.21 bits per heavy atom. The van der Waals surface area contributed by atoms with Crippen LogP contribution in [0.25, 0.3) is 5.69 Å². The molecule has 0 amide bonds. The number of aromatic nitrogens is 6. The van der Waals surface area contributed by atoms with E-state index in [-0.39, 0.29) is 0 Å². The van der Waals surface area contributed by atoms with Crippen molar-refractivity contribution in [2.24, 2.45) is 0 Å². The maximum absolute atomic E-state index is 5.65. The Morgan fingerprint density at radius 1 is 1.33 bits per heavy atom. The lowest BCUT2D eigenvalue weighted by atomic mass is 10.3. The molecule has 0 saturated heterocycles. The molecular formula is C15H16N6O2S. The van der Waals surface area contributed by atoms with E-state index >= 15 is 0 Å². The summed E-state index contributed by atoms with van der Waals surface area (Å²) in [7, 11) is 0. The molecule has 3 aromatic rings. The van der Waals surface area contributed by atoms with Gasteiger partial charge in [-0.1, -0.05) is 29.1 Å². The number of tetrazole rings is 1. The first-order valence-electron chi connectivity index (χ1n) is 7.81. The van der Waals surface area contributed by atoms with Crippen molar-refractivity contribution in [2.45, 2.75) is 36.6 Å². The zero-order chi connectivity index (χ0) is 16.4. The van der Waals surface area contributed by atoms with Crippen LogP contribution in [-0.4, -0.2) is 37.0 Å². The van der Waals surface area contributed by atoms with Gasteiger partial charge in [0.25, 0.3) is 0 Å². The van der Waals surface area contributed by atoms with Crippen LogP contribution in [-0.2, 0) is 5.75 Å². The first kappa shape index (κ1) is 15.1. The van der Waals surface area contributed by atoms with Gasteiger partial charge in [-0.25, -0.2) is 0 Å². The van der Waals surface area contributed by atoms with Crippen molar-refractivity contribution in [1.82, 2.24) is 30.3 Å². The van der Waals surface area contributed by atoms with Gasteiger partial charge in [0.2, 0.25) is 11.0 Å². The second-order valence-corrected chi connectivity index (χ2v) is 6.33. The number of hydrogen-bond donors (Lipinski definition) is 0. The molecule has 0 N–H and O–H groups in total. The number of para-hydroxylation sites is 2. The summed E-state index contributed by atoms with van der Waals surface area (Å²) in [6.07, 6.45) is 2.28. The molecule has 1 aliphatic carbocycles. The highest BCUT2D eigenvalue weighted by Gasteiger charge is 2.29. The summed E-state index contributed by atoms with van der Waals surface area (Å²) in [6.45, 7) is 2.52. The molecule has 2 aromatic heterocycles. The van der Waals surface area contributed by atoms with Crippen LogP contribution in [0.2, 0.25) is 0 Å². The molecule has 1 aliphatic rings. The lowest BCUT2D eigenvalue weighted by Crippen LogP contribution is -2.03. The van der Waals surface area contributed by atoms with Crippen molar-refractivity contribution in [3.8, 4) is 11.4 Å². The minimum Gasteiger partial charge on any atom is -0.492 e. The molecule has 0 aliphatic heterocycles. The van der Waals surface area contributed by atoms with Crippen molar-refractivity contribution >= 4 is 11.8 Å². The molecule has 0 atom stereocenters. The third kappa shape index (κ3) is 3.12. The summed E-state index contributed by atoms with van der Waals surface area (Å²) in [5.41, 5.74) is 0.804. The van der Waals surface area contributed by atoms with E-state index in [1.54, 1.807) is 4.68 Å². The quantitative estimate of drug-likeness (QED) is 0.604. The van der Waals surface area contributed by atoms with Gasteiger partial charge < -0.3 is 9.26 Å². The van der Waals surface area contributed by atoms with Crippen LogP contribution in [0.1, 0.15) is 37.4 Å². The van der Waals surface area contributed by atoms with Crippen molar-refractivity contribution < 1.29 is 9.26 Å². The van der Waals surface area contributed by atoms with Crippen LogP contribution in [0.5, 0.6) is 5.75 Å². The minimum absolute atomic E-state index is 0.458. The van der Waals surface area contributed by atoms with Crippen LogP contribution in [0.15, 0.2) is 33.9 Å². The fourth-order valence-corrected chi connectivity index (χ4v) is 3.01. The predicted octanol–water partition coefficient (Wildman–Crippen LogP) is 2.61. The summed E-state index contributed by atoms with van der Waals surface area (Å²) < 4.78 is 12.6. The fraction of sp³-hybridized carbons (Fsp3) is 0.400. The maximum Gasteiger partial charge on any atom is 0.229 e. The van der Waals surface area contributed by atoms with Gasteiger partial charge in [-0.15, -0.1) is 5.10 Å². The highest BCUT2D eigenvalue weighted by Crippen LogP contribution is 2.39. The molecule has 1 aromatic carbocycles. The Hall–Kier alpha value is -2.42. The molecule has 9 heteroatoms. The van der Waals surface area contributed by atoms with Crippen molar-refractivity contribution in [3.63, 3.8) is 0 Å². The summed E-state index contributed by atoms with van der Waals surface area (Å²) >= 11 is 1.46. The van der Waals surface area contributed by atoms with Gasteiger partial charge in [0.05, 0.1) is 12.4 Å². The molecular weight excluding hydrogens is 328 g/mol. The lowest BCUT2D eigenvalue weighted by Gasteiger charge is -2.10. The first-order chi connectivity index (χ1) is 11.8. The Labute approximate surface area is 142 Å². The lowest BCUT2D eigenvalue weighted by molar-refractivity contribution is 0.337. The van der Waals surface area contributed by atoms with Gasteiger partial charge in [0.15, 0.2) is 5.82 Å². The van der Waals surface area contributed by atoms with E-state index in [4.69, 9.17) is 9.26 Å². The first-order valence-corrected chi connectivity index (χ1v) is 8.79. The van der Waals surface area contributed by atoms with Crippen molar-refractivity contribution in [3.05, 3.63) is 36.0 Å². The summed E-state index contributed by atoms with van der Waals surface area (Å²) in [4.78, 5) is 4.42. The molecule has 1 saturated carbocycles. The molecule has 0 bridgehead atoms. The highest BCUT2D eigenvalue weighted by molar-refractivity contribution is 7.98. The summed E-state index contributed by atoms with van der Waals surface area (Å²) in [5.74, 6) is 3.15. The Morgan fingerprint density at radius 3 is 3.04 bits per heavy atom. The number of thioether (sulfide) groups is 1. The smallest absolute Gasteiger partial charge is 0.229 e. The van der Waals surface area contributed by atoms with E-state index < -0.39 is 0 Å². The third-order valence-electron chi connectivity index (χ3n) is 3.57. The molecule has 24 heavy (non-hydrogen) atoms. The van der Waals surface area contributed by atoms with Gasteiger partial charge in [-0.2, -0.15) is 9.67 Å². The monoisotopic (exact) mass is 344 g/mol. The number of rotatable bonds is 7. The number of benzene rings is 1. The van der Waals surface area contributed by atoms with E-state index in [9.17, 15) is 0 Å². The molecule has 2 heterocycles. The van der Waals surface area contributed by atoms with E-state index in [2.05, 4.69) is 25.7 Å². The standard InChI is InChI=1S/C15H16N6O2S/c1-2-22-12-6-4-3-5-11(12)21-15(17-19-20-21)24-9-13-16-14(23-18-13)10-7-8-10/h3-6,10H,2,7-9H2,1H3. The normalized spacial score (nSPS) is 14.0. The van der Waals surface area contributed by atoms with Crippen molar-refractivity contribution in [2.75, 3.05) is 6.61 Å². The average molecular weight is 344 g/mol. The molecule has 0 radical (unpaired) electrons. The molecule has 124 valence electrons. The van der Waals surface area contributed by atoms with Gasteiger partial charge in [-0.3, -0.25) is 0 Å². The zero-order valence-electron chi connectivity index (χ0n) is 13.1. The number of nitrogens with zero attached hydrogens (tertiary/aromatic N) is 6. The number of hydrogen-bond acceptors (Lipinski definition) is 8. The van der Waals surface area contributed by atoms with E-state index in [0.29, 0.717) is 29.3 Å². The Bertz CT molecular complexity index is 829. The predicted molar refractivity (Wildman–Crippen MR) is 86.2 cm³/mol. The fourth-order valence-electron chi connectivity index (χ4n) is 2.28. The van der Waals surface area contributed by atoms with Gasteiger partial charge in [0, 0.05) is 5.92 Å². The summed E-state index contributed by atoms with van der Waals surface area (Å²) in [6, 6.07) is 7.67. The Balaban J connectivity index is 1.52. The molecule has 0 unspecified atom stereocenters. The molecule has 8 nitrogen and oxygen atoms in total. The van der Waals surface area contributed by atoms with Crippen LogP contribution in [0, 0.1) is 0 Å². The molecule has 1 fully saturated rings. The molecule has 4 rings (SSSR count). The zero-order valence-corrected chi connectivity index (χ0v) is 13.9. The van der Waals surface area contributed by atoms with E-state index in [0.717, 1.165) is 30.2 Å². The second-order valence-electron chi connectivity index (χ2n) is 5.39. The van der Waals surface area contributed by atoms with Crippen LogP contribution in [0.4, 0.5) is 0 Å². The van der Waals surface area contributed by atoms with Crippen LogP contribution in [0.3, 0.4) is 0 Å². The van der Waals surface area contributed by atoms with E-state index in [1.165, 1.54) is 11.8 Å². The Kier molecular flexibility index (Phi) is 4.16. The SMILES string of the molecule is CCOc1ccccc1-n1nnnc1SCc1noc(C2CC2)n1. The largest absolute Gasteiger partial charge is 0.492 e. The van der Waals surface area contributed by atoms with E-state index in [1.807, 2.05) is 31.2 Å². The van der Waals surface area contributed by atoms with Gasteiger partial charge >= 0.3 is 0 Å². The van der Waals surface area contributed by atoms with Crippen LogP contribution < -0.4 is 4.74 Å². The molecule has 0 spiro atoms. The summed E-state index contributed by atoms with van der Waals surface area (Å²) in [5, 5.41) is 16.6. The van der Waals surface area contributed by atoms with Crippen LogP contribution >= 0.6 is 11.8 Å². The van der Waals surface area contributed by atoms with Gasteiger partial charge in [-0.05, 0) is 42.3 Å².